The number of carbonyl (C=O) groups excluding carboxylic acids is 3. The molecule has 1 spiro atoms. The van der Waals surface area contributed by atoms with Gasteiger partial charge in [-0.2, -0.15) is 0 Å². The highest BCUT2D eigenvalue weighted by Gasteiger charge is 2.52. The van der Waals surface area contributed by atoms with Gasteiger partial charge in [-0.15, -0.1) is 0 Å². The van der Waals surface area contributed by atoms with E-state index in [2.05, 4.69) is 5.32 Å². The minimum Gasteiger partial charge on any atom is -0.338 e. The fourth-order valence-electron chi connectivity index (χ4n) is 4.22. The highest BCUT2D eigenvalue weighted by Crippen LogP contribution is 2.32. The third-order valence-corrected chi connectivity index (χ3v) is 6.46. The highest BCUT2D eigenvalue weighted by atomic mass is 35.5. The third kappa shape index (κ3) is 3.90. The summed E-state index contributed by atoms with van der Waals surface area (Å²) in [7, 11) is 0. The maximum Gasteiger partial charge on any atom is 0.325 e. The van der Waals surface area contributed by atoms with Crippen molar-refractivity contribution in [2.45, 2.75) is 38.8 Å². The number of piperidine rings is 1. The van der Waals surface area contributed by atoms with Gasteiger partial charge in [0, 0.05) is 13.1 Å². The molecule has 0 radical (unpaired) electrons. The molecule has 0 atom stereocenters. The van der Waals surface area contributed by atoms with Crippen LogP contribution in [0.25, 0.3) is 0 Å². The number of nitrogens with zero attached hydrogens (tertiary/aromatic N) is 2. The number of urea groups is 1. The summed E-state index contributed by atoms with van der Waals surface area (Å²) < 4.78 is 13.3. The van der Waals surface area contributed by atoms with Gasteiger partial charge in [0.1, 0.15) is 11.4 Å². The lowest BCUT2D eigenvalue weighted by Crippen LogP contribution is -2.55. The SMILES string of the molecule is Cc1ccc(C)c(CN2C(=O)NC3(CCN(C(=O)c4ccc(F)cc4Cl)CC3)C2=O)c1. The van der Waals surface area contributed by atoms with Crippen LogP contribution in [0.2, 0.25) is 5.02 Å². The van der Waals surface area contributed by atoms with E-state index in [9.17, 15) is 18.8 Å². The number of carbonyl (C=O) groups is 3. The molecule has 2 heterocycles. The topological polar surface area (TPSA) is 69.7 Å². The minimum atomic E-state index is -1.00. The van der Waals surface area contributed by atoms with E-state index in [1.165, 1.54) is 17.0 Å². The van der Waals surface area contributed by atoms with Crippen LogP contribution in [-0.2, 0) is 11.3 Å². The number of likely N-dealkylation sites (tertiary alicyclic amines) is 1. The van der Waals surface area contributed by atoms with Crippen LogP contribution in [0.15, 0.2) is 36.4 Å². The van der Waals surface area contributed by atoms with Crippen LogP contribution in [0.1, 0.15) is 39.9 Å². The molecule has 8 heteroatoms. The molecule has 4 rings (SSSR count). The lowest BCUT2D eigenvalue weighted by atomic mass is 9.87. The van der Waals surface area contributed by atoms with E-state index in [4.69, 9.17) is 11.6 Å². The van der Waals surface area contributed by atoms with E-state index in [-0.39, 0.29) is 42.0 Å². The molecular weight excluding hydrogens is 421 g/mol. The van der Waals surface area contributed by atoms with Crippen molar-refractivity contribution in [3.63, 3.8) is 0 Å². The van der Waals surface area contributed by atoms with Crippen LogP contribution >= 0.6 is 11.6 Å². The summed E-state index contributed by atoms with van der Waals surface area (Å²) >= 11 is 6.02. The molecule has 1 N–H and O–H groups in total. The molecule has 2 aromatic carbocycles. The number of rotatable bonds is 3. The Hall–Kier alpha value is -2.93. The standard InChI is InChI=1S/C23H23ClFN3O3/c1-14-3-4-15(2)16(11-14)13-28-21(30)23(26-22(28)31)7-9-27(10-8-23)20(29)18-6-5-17(25)12-19(18)24/h3-6,11-12H,7-10,13H2,1-2H3,(H,26,31). The summed E-state index contributed by atoms with van der Waals surface area (Å²) in [6.45, 7) is 4.71. The van der Waals surface area contributed by atoms with Crippen molar-refractivity contribution < 1.29 is 18.8 Å². The zero-order chi connectivity index (χ0) is 22.3. The molecule has 4 amide bonds. The maximum atomic E-state index is 13.3. The molecule has 6 nitrogen and oxygen atoms in total. The molecule has 31 heavy (non-hydrogen) atoms. The smallest absolute Gasteiger partial charge is 0.325 e. The first-order valence-corrected chi connectivity index (χ1v) is 10.5. The van der Waals surface area contributed by atoms with E-state index < -0.39 is 17.4 Å². The Bertz CT molecular complexity index is 1080. The molecular formula is C23H23ClFN3O3. The average molecular weight is 444 g/mol. The molecule has 2 aliphatic heterocycles. The Labute approximate surface area is 185 Å². The lowest BCUT2D eigenvalue weighted by Gasteiger charge is -2.37. The number of hydrogen-bond donors (Lipinski definition) is 1. The number of hydrogen-bond acceptors (Lipinski definition) is 3. The normalized spacial score (nSPS) is 17.9. The molecule has 2 saturated heterocycles. The molecule has 2 aliphatic rings. The molecule has 0 aliphatic carbocycles. The second-order valence-electron chi connectivity index (χ2n) is 8.25. The van der Waals surface area contributed by atoms with Crippen molar-refractivity contribution in [2.75, 3.05) is 13.1 Å². The molecule has 0 saturated carbocycles. The quantitative estimate of drug-likeness (QED) is 0.733. The lowest BCUT2D eigenvalue weighted by molar-refractivity contribution is -0.133. The van der Waals surface area contributed by atoms with E-state index in [0.717, 1.165) is 22.8 Å². The van der Waals surface area contributed by atoms with Gasteiger partial charge < -0.3 is 10.2 Å². The zero-order valence-electron chi connectivity index (χ0n) is 17.4. The second kappa shape index (κ2) is 7.96. The average Bonchev–Trinajstić information content (AvgIpc) is 2.95. The van der Waals surface area contributed by atoms with E-state index in [1.807, 2.05) is 32.0 Å². The summed E-state index contributed by atoms with van der Waals surface area (Å²) in [6, 6.07) is 9.19. The molecule has 2 fully saturated rings. The first-order chi connectivity index (χ1) is 14.7. The number of imide groups is 1. The molecule has 0 unspecified atom stereocenters. The van der Waals surface area contributed by atoms with Gasteiger partial charge in [-0.25, -0.2) is 9.18 Å². The zero-order valence-corrected chi connectivity index (χ0v) is 18.1. The highest BCUT2D eigenvalue weighted by molar-refractivity contribution is 6.33. The second-order valence-corrected chi connectivity index (χ2v) is 8.66. The van der Waals surface area contributed by atoms with Gasteiger partial charge in [0.25, 0.3) is 11.8 Å². The Morgan fingerprint density at radius 2 is 1.84 bits per heavy atom. The predicted molar refractivity (Wildman–Crippen MR) is 114 cm³/mol. The molecule has 2 aromatic rings. The largest absolute Gasteiger partial charge is 0.338 e. The van der Waals surface area contributed by atoms with Crippen molar-refractivity contribution in [3.8, 4) is 0 Å². The number of halogens is 2. The molecule has 0 bridgehead atoms. The van der Waals surface area contributed by atoms with Gasteiger partial charge in [0.05, 0.1) is 17.1 Å². The van der Waals surface area contributed by atoms with Crippen LogP contribution in [0.5, 0.6) is 0 Å². The summed E-state index contributed by atoms with van der Waals surface area (Å²) in [6.07, 6.45) is 0.622. The predicted octanol–water partition coefficient (Wildman–Crippen LogP) is 3.82. The van der Waals surface area contributed by atoms with Crippen molar-refractivity contribution in [1.29, 1.82) is 0 Å². The van der Waals surface area contributed by atoms with Crippen LogP contribution < -0.4 is 5.32 Å². The van der Waals surface area contributed by atoms with Gasteiger partial charge in [-0.1, -0.05) is 35.4 Å². The summed E-state index contributed by atoms with van der Waals surface area (Å²) in [5.41, 5.74) is 2.23. The Kier molecular flexibility index (Phi) is 5.47. The van der Waals surface area contributed by atoms with E-state index >= 15 is 0 Å². The van der Waals surface area contributed by atoms with Crippen LogP contribution in [-0.4, -0.2) is 46.3 Å². The fraction of sp³-hybridized carbons (Fsp3) is 0.348. The summed E-state index contributed by atoms with van der Waals surface area (Å²) in [5, 5.41) is 2.92. The number of aryl methyl sites for hydroxylation is 2. The van der Waals surface area contributed by atoms with Gasteiger partial charge in [0.2, 0.25) is 0 Å². The van der Waals surface area contributed by atoms with Crippen LogP contribution in [0.3, 0.4) is 0 Å². The van der Waals surface area contributed by atoms with E-state index in [0.29, 0.717) is 12.8 Å². The first kappa shape index (κ1) is 21.3. The monoisotopic (exact) mass is 443 g/mol. The van der Waals surface area contributed by atoms with Crippen molar-refractivity contribution in [1.82, 2.24) is 15.1 Å². The van der Waals surface area contributed by atoms with Crippen molar-refractivity contribution in [2.24, 2.45) is 0 Å². The van der Waals surface area contributed by atoms with E-state index in [1.54, 1.807) is 4.90 Å². The number of nitrogens with one attached hydrogen (secondary N) is 1. The maximum absolute atomic E-state index is 13.3. The van der Waals surface area contributed by atoms with Gasteiger partial charge >= 0.3 is 6.03 Å². The van der Waals surface area contributed by atoms with Gasteiger partial charge in [0.15, 0.2) is 0 Å². The van der Waals surface area contributed by atoms with Crippen molar-refractivity contribution in [3.05, 3.63) is 69.5 Å². The number of benzene rings is 2. The first-order valence-electron chi connectivity index (χ1n) is 10.1. The molecule has 162 valence electrons. The summed E-state index contributed by atoms with van der Waals surface area (Å²) in [4.78, 5) is 41.5. The van der Waals surface area contributed by atoms with Crippen LogP contribution in [0, 0.1) is 19.7 Å². The summed E-state index contributed by atoms with van der Waals surface area (Å²) in [5.74, 6) is -1.09. The Morgan fingerprint density at radius 3 is 2.52 bits per heavy atom. The minimum absolute atomic E-state index is 0.0511. The van der Waals surface area contributed by atoms with Crippen molar-refractivity contribution >= 4 is 29.4 Å². The number of amides is 4. The van der Waals surface area contributed by atoms with Crippen LogP contribution in [0.4, 0.5) is 9.18 Å². The molecule has 0 aromatic heterocycles. The fourth-order valence-corrected chi connectivity index (χ4v) is 4.47. The Balaban J connectivity index is 1.47. The third-order valence-electron chi connectivity index (χ3n) is 6.14. The van der Waals surface area contributed by atoms with Gasteiger partial charge in [-0.05, 0) is 56.0 Å². The van der Waals surface area contributed by atoms with Gasteiger partial charge in [-0.3, -0.25) is 14.5 Å². The Morgan fingerprint density at radius 1 is 1.13 bits per heavy atom.